The van der Waals surface area contributed by atoms with Crippen molar-refractivity contribution in [1.29, 1.82) is 0 Å². The Morgan fingerprint density at radius 1 is 0.974 bits per heavy atom. The maximum Gasteiger partial charge on any atom is 0.240 e. The highest BCUT2D eigenvalue weighted by Crippen LogP contribution is 2.50. The third kappa shape index (κ3) is 4.38. The molecule has 3 aromatic rings. The molecule has 3 aliphatic rings. The van der Waals surface area contributed by atoms with E-state index in [1.807, 2.05) is 29.2 Å². The Hall–Kier alpha value is -3.42. The van der Waals surface area contributed by atoms with Crippen molar-refractivity contribution in [2.24, 2.45) is 11.8 Å². The van der Waals surface area contributed by atoms with Crippen LogP contribution in [0.3, 0.4) is 0 Å². The van der Waals surface area contributed by atoms with Gasteiger partial charge in [0.05, 0.1) is 30.2 Å². The van der Waals surface area contributed by atoms with Gasteiger partial charge in [-0.1, -0.05) is 65.2 Å². The number of Topliss-reactive ketones (excluding diaryl/α,β-unsaturated/α-hetero) is 1. The first-order chi connectivity index (χ1) is 18.9. The zero-order valence-electron chi connectivity index (χ0n) is 21.2. The third-order valence-electron chi connectivity index (χ3n) is 7.73. The van der Waals surface area contributed by atoms with Gasteiger partial charge in [0, 0.05) is 20.7 Å². The fourth-order valence-electron chi connectivity index (χ4n) is 5.91. The van der Waals surface area contributed by atoms with Crippen LogP contribution in [0.4, 0.5) is 11.4 Å². The lowest BCUT2D eigenvalue weighted by atomic mass is 9.86. The third-order valence-corrected chi connectivity index (χ3v) is 8.49. The summed E-state index contributed by atoms with van der Waals surface area (Å²) in [5.74, 6) is -1.69. The molecule has 0 bridgehead atoms. The van der Waals surface area contributed by atoms with Crippen LogP contribution < -0.4 is 14.5 Å². The van der Waals surface area contributed by atoms with Crippen LogP contribution in [0.15, 0.2) is 77.3 Å². The summed E-state index contributed by atoms with van der Waals surface area (Å²) in [6.45, 7) is 2.71. The molecule has 8 heteroatoms. The van der Waals surface area contributed by atoms with Crippen molar-refractivity contribution in [1.82, 2.24) is 0 Å². The average molecular weight is 606 g/mol. The molecule has 2 amide bonds. The number of hydrogen-bond donors (Lipinski definition) is 0. The summed E-state index contributed by atoms with van der Waals surface area (Å²) in [4.78, 5) is 45.3. The lowest BCUT2D eigenvalue weighted by molar-refractivity contribution is -0.122. The molecule has 0 aromatic heterocycles. The normalized spacial score (nSPS) is 23.1. The van der Waals surface area contributed by atoms with Gasteiger partial charge in [0.25, 0.3) is 0 Å². The van der Waals surface area contributed by atoms with Crippen LogP contribution in [-0.4, -0.2) is 36.3 Å². The second-order valence-corrected chi connectivity index (χ2v) is 11.4. The number of hydrogen-bond acceptors (Lipinski definition) is 5. The molecule has 0 saturated carbocycles. The molecule has 0 radical (unpaired) electrons. The van der Waals surface area contributed by atoms with Crippen molar-refractivity contribution >= 4 is 62.6 Å². The number of fused-ring (bicyclic) bond motifs is 5. The molecular formula is C31H26BrClN2O4. The molecule has 6 rings (SSSR count). The molecular weight excluding hydrogens is 580 g/mol. The molecule has 0 spiro atoms. The standard InChI is InChI=1S/C31H26BrClN2O4/c1-2-3-16-39-23-12-10-22(11-13-23)34-30(37)26-25-14-6-19-17-21(33)9-15-24(19)35(25)28(27(26)31(34)38)29(36)18-4-7-20(32)8-5-18/h4-15,17,25-28H,2-3,16H2,1H3/t25-,26-,27-,28+/m0/s1. The van der Waals surface area contributed by atoms with E-state index < -0.39 is 23.9 Å². The topological polar surface area (TPSA) is 66.9 Å². The molecule has 0 N–H and O–H groups in total. The Labute approximate surface area is 240 Å². The quantitative estimate of drug-likeness (QED) is 0.174. The highest BCUT2D eigenvalue weighted by atomic mass is 79.9. The predicted octanol–water partition coefficient (Wildman–Crippen LogP) is 6.55. The predicted molar refractivity (Wildman–Crippen MR) is 155 cm³/mol. The van der Waals surface area contributed by atoms with Crippen molar-refractivity contribution in [2.45, 2.75) is 31.8 Å². The maximum absolute atomic E-state index is 14.1. The molecule has 2 fully saturated rings. The number of halogens is 2. The van der Waals surface area contributed by atoms with Crippen molar-refractivity contribution < 1.29 is 19.1 Å². The number of unbranched alkanes of at least 4 members (excludes halogenated alkanes) is 1. The fraction of sp³-hybridized carbons (Fsp3) is 0.258. The van der Waals surface area contributed by atoms with E-state index in [2.05, 4.69) is 22.9 Å². The average Bonchev–Trinajstić information content (AvgIpc) is 3.41. The van der Waals surface area contributed by atoms with Crippen LogP contribution in [-0.2, 0) is 9.59 Å². The number of carbonyl (C=O) groups is 3. The highest BCUT2D eigenvalue weighted by Gasteiger charge is 2.64. The Morgan fingerprint density at radius 3 is 2.41 bits per heavy atom. The molecule has 198 valence electrons. The number of anilines is 2. The highest BCUT2D eigenvalue weighted by molar-refractivity contribution is 9.10. The van der Waals surface area contributed by atoms with E-state index >= 15 is 0 Å². The van der Waals surface area contributed by atoms with E-state index in [-0.39, 0.29) is 17.6 Å². The maximum atomic E-state index is 14.1. The van der Waals surface area contributed by atoms with Crippen LogP contribution >= 0.6 is 27.5 Å². The number of carbonyl (C=O) groups excluding carboxylic acids is 3. The smallest absolute Gasteiger partial charge is 0.240 e. The summed E-state index contributed by atoms with van der Waals surface area (Å²) in [6, 6.07) is 18.3. The molecule has 2 saturated heterocycles. The van der Waals surface area contributed by atoms with Gasteiger partial charge in [0.2, 0.25) is 11.8 Å². The summed E-state index contributed by atoms with van der Waals surface area (Å²) in [7, 11) is 0. The summed E-state index contributed by atoms with van der Waals surface area (Å²) >= 11 is 9.68. The number of amides is 2. The second kappa shape index (κ2) is 10.3. The zero-order valence-corrected chi connectivity index (χ0v) is 23.6. The summed E-state index contributed by atoms with van der Waals surface area (Å²) < 4.78 is 6.60. The Morgan fingerprint density at radius 2 is 1.69 bits per heavy atom. The minimum Gasteiger partial charge on any atom is -0.494 e. The first-order valence-electron chi connectivity index (χ1n) is 13.1. The van der Waals surface area contributed by atoms with Gasteiger partial charge in [-0.15, -0.1) is 0 Å². The molecule has 39 heavy (non-hydrogen) atoms. The molecule has 0 aliphatic carbocycles. The van der Waals surface area contributed by atoms with E-state index in [9.17, 15) is 14.4 Å². The van der Waals surface area contributed by atoms with Gasteiger partial charge in [-0.2, -0.15) is 0 Å². The van der Waals surface area contributed by atoms with Crippen molar-refractivity contribution in [3.05, 3.63) is 93.4 Å². The zero-order chi connectivity index (χ0) is 27.3. The van der Waals surface area contributed by atoms with Gasteiger partial charge in [0.15, 0.2) is 5.78 Å². The molecule has 3 aliphatic heterocycles. The molecule has 3 heterocycles. The minimum absolute atomic E-state index is 0.195. The Balaban J connectivity index is 1.39. The summed E-state index contributed by atoms with van der Waals surface area (Å²) in [6.07, 6.45) is 5.82. The van der Waals surface area contributed by atoms with Gasteiger partial charge in [-0.25, -0.2) is 4.90 Å². The first kappa shape index (κ1) is 25.8. The van der Waals surface area contributed by atoms with Crippen LogP contribution in [0.2, 0.25) is 5.02 Å². The lowest BCUT2D eigenvalue weighted by Crippen LogP contribution is -2.48. The number of ketones is 1. The van der Waals surface area contributed by atoms with Crippen LogP contribution in [0, 0.1) is 11.8 Å². The monoisotopic (exact) mass is 604 g/mol. The van der Waals surface area contributed by atoms with E-state index in [4.69, 9.17) is 16.3 Å². The van der Waals surface area contributed by atoms with E-state index in [1.165, 1.54) is 4.90 Å². The number of benzene rings is 3. The fourth-order valence-corrected chi connectivity index (χ4v) is 6.35. The number of nitrogens with zero attached hydrogens (tertiary/aromatic N) is 2. The van der Waals surface area contributed by atoms with Crippen molar-refractivity contribution in [2.75, 3.05) is 16.4 Å². The van der Waals surface area contributed by atoms with Crippen LogP contribution in [0.5, 0.6) is 5.75 Å². The van der Waals surface area contributed by atoms with Gasteiger partial charge in [-0.05, 0) is 66.6 Å². The van der Waals surface area contributed by atoms with Gasteiger partial charge in [0.1, 0.15) is 11.8 Å². The molecule has 4 atom stereocenters. The number of rotatable bonds is 7. The first-order valence-corrected chi connectivity index (χ1v) is 14.2. The van der Waals surface area contributed by atoms with Gasteiger partial charge in [-0.3, -0.25) is 14.4 Å². The van der Waals surface area contributed by atoms with Crippen molar-refractivity contribution in [3.8, 4) is 5.75 Å². The number of imide groups is 1. The van der Waals surface area contributed by atoms with E-state index in [0.29, 0.717) is 28.6 Å². The Kier molecular flexibility index (Phi) is 6.81. The van der Waals surface area contributed by atoms with Gasteiger partial charge >= 0.3 is 0 Å². The summed E-state index contributed by atoms with van der Waals surface area (Å²) in [5, 5.41) is 0.576. The van der Waals surface area contributed by atoms with E-state index in [1.54, 1.807) is 54.6 Å². The minimum atomic E-state index is -0.843. The van der Waals surface area contributed by atoms with Crippen LogP contribution in [0.1, 0.15) is 35.7 Å². The van der Waals surface area contributed by atoms with E-state index in [0.717, 1.165) is 28.6 Å². The summed E-state index contributed by atoms with van der Waals surface area (Å²) in [5.41, 5.74) is 2.61. The van der Waals surface area contributed by atoms with Crippen molar-refractivity contribution in [3.63, 3.8) is 0 Å². The molecule has 6 nitrogen and oxygen atoms in total. The molecule has 3 aromatic carbocycles. The second-order valence-electron chi connectivity index (χ2n) is 10.0. The SMILES string of the molecule is CCCCOc1ccc(N2C(=O)[C@@H]3[C@H](C2=O)[C@H](C(=O)c2ccc(Br)cc2)N2c4ccc(Cl)cc4C=C[C@@H]32)cc1. The lowest BCUT2D eigenvalue weighted by Gasteiger charge is -2.36. The van der Waals surface area contributed by atoms with Gasteiger partial charge < -0.3 is 9.64 Å². The largest absolute Gasteiger partial charge is 0.494 e. The number of ether oxygens (including phenoxy) is 1. The van der Waals surface area contributed by atoms with Crippen LogP contribution in [0.25, 0.3) is 6.08 Å². The molecule has 0 unspecified atom stereocenters. The Bertz CT molecular complexity index is 1490.